The molecule has 3 N–H and O–H groups in total. The molecule has 4 aromatic carbocycles. The lowest BCUT2D eigenvalue weighted by molar-refractivity contribution is -0.384. The van der Waals surface area contributed by atoms with E-state index in [4.69, 9.17) is 4.74 Å². The van der Waals surface area contributed by atoms with Crippen molar-refractivity contribution in [2.45, 2.75) is 17.1 Å². The van der Waals surface area contributed by atoms with Crippen molar-refractivity contribution < 1.29 is 28.8 Å². The molecule has 0 bridgehead atoms. The van der Waals surface area contributed by atoms with Gasteiger partial charge in [0.05, 0.1) is 28.5 Å². The molecule has 3 amide bonds. The molecule has 0 aliphatic carbocycles. The average molecular weight is 625 g/mol. The normalized spacial score (nSPS) is 11.6. The molecule has 0 saturated carbocycles. The Morgan fingerprint density at radius 3 is 2.13 bits per heavy atom. The van der Waals surface area contributed by atoms with Gasteiger partial charge in [-0.05, 0) is 79.2 Å². The molecule has 12 heteroatoms. The Morgan fingerprint density at radius 1 is 0.844 bits per heavy atom. The van der Waals surface area contributed by atoms with E-state index in [1.54, 1.807) is 85.8 Å². The van der Waals surface area contributed by atoms with Gasteiger partial charge < -0.3 is 20.7 Å². The number of thioether (sulfide) groups is 1. The Balaban J connectivity index is 1.45. The van der Waals surface area contributed by atoms with Gasteiger partial charge in [-0.15, -0.1) is 11.8 Å². The summed E-state index contributed by atoms with van der Waals surface area (Å²) in [5.41, 5.74) is 1.64. The molecule has 45 heavy (non-hydrogen) atoms. The number of nitro groups is 1. The van der Waals surface area contributed by atoms with E-state index in [0.29, 0.717) is 22.5 Å². The standard InChI is InChI=1S/C33H28N4O7S/c1-21(30(38)35-28-11-7-6-10-27(28)33(41)44-2)45-26-18-14-24(15-19-26)34-32(40)29(36-31(39)23-8-4-3-5-9-23)20-22-12-16-25(17-13-22)37(42)43/h3-21H,1-2H3,(H,34,40)(H,35,38)(H,36,39)/b29-20-. The largest absolute Gasteiger partial charge is 0.465 e. The lowest BCUT2D eigenvalue weighted by atomic mass is 10.1. The van der Waals surface area contributed by atoms with Crippen LogP contribution in [-0.2, 0) is 14.3 Å². The number of ether oxygens (including phenoxy) is 1. The van der Waals surface area contributed by atoms with Gasteiger partial charge in [0.1, 0.15) is 5.70 Å². The van der Waals surface area contributed by atoms with Gasteiger partial charge in [0.15, 0.2) is 0 Å². The quantitative estimate of drug-likeness (QED) is 0.0611. The number of nitrogens with one attached hydrogen (secondary N) is 3. The van der Waals surface area contributed by atoms with Crippen LogP contribution < -0.4 is 16.0 Å². The third-order valence-corrected chi connectivity index (χ3v) is 7.44. The van der Waals surface area contributed by atoms with Crippen molar-refractivity contribution in [3.8, 4) is 0 Å². The number of methoxy groups -OCH3 is 1. The number of nitro benzene ring substituents is 1. The second-order valence-electron chi connectivity index (χ2n) is 9.49. The number of anilines is 2. The van der Waals surface area contributed by atoms with Crippen LogP contribution in [0.2, 0.25) is 0 Å². The number of esters is 1. The van der Waals surface area contributed by atoms with E-state index in [1.807, 2.05) is 0 Å². The number of nitrogens with zero attached hydrogens (tertiary/aromatic N) is 1. The Labute approximate surface area is 262 Å². The predicted octanol–water partition coefficient (Wildman–Crippen LogP) is 5.91. The summed E-state index contributed by atoms with van der Waals surface area (Å²) in [4.78, 5) is 62.2. The summed E-state index contributed by atoms with van der Waals surface area (Å²) in [6.07, 6.45) is 1.42. The maximum absolute atomic E-state index is 13.3. The summed E-state index contributed by atoms with van der Waals surface area (Å²) in [6.45, 7) is 1.72. The number of rotatable bonds is 11. The van der Waals surface area contributed by atoms with E-state index in [2.05, 4.69) is 16.0 Å². The molecule has 0 aromatic heterocycles. The van der Waals surface area contributed by atoms with Gasteiger partial charge in [0.25, 0.3) is 17.5 Å². The first-order valence-corrected chi connectivity index (χ1v) is 14.4. The number of hydrogen-bond donors (Lipinski definition) is 3. The van der Waals surface area contributed by atoms with E-state index in [-0.39, 0.29) is 22.9 Å². The molecular formula is C33H28N4O7S. The third-order valence-electron chi connectivity index (χ3n) is 6.33. The molecule has 228 valence electrons. The molecule has 0 saturated heterocycles. The summed E-state index contributed by atoms with van der Waals surface area (Å²) in [6, 6.07) is 27.2. The lowest BCUT2D eigenvalue weighted by Gasteiger charge is -2.15. The highest BCUT2D eigenvalue weighted by Gasteiger charge is 2.19. The number of benzene rings is 4. The van der Waals surface area contributed by atoms with Gasteiger partial charge in [-0.3, -0.25) is 24.5 Å². The summed E-state index contributed by atoms with van der Waals surface area (Å²) in [7, 11) is 1.27. The monoisotopic (exact) mass is 624 g/mol. The first kappa shape index (κ1) is 32.2. The number of hydrogen-bond acceptors (Lipinski definition) is 8. The molecule has 11 nitrogen and oxygen atoms in total. The van der Waals surface area contributed by atoms with Crippen LogP contribution in [0.25, 0.3) is 6.08 Å². The second-order valence-corrected chi connectivity index (χ2v) is 10.9. The molecule has 0 aliphatic rings. The van der Waals surface area contributed by atoms with Crippen molar-refractivity contribution >= 4 is 58.6 Å². The van der Waals surface area contributed by atoms with Crippen LogP contribution in [-0.4, -0.2) is 41.0 Å². The molecule has 4 aromatic rings. The van der Waals surface area contributed by atoms with Gasteiger partial charge in [0.2, 0.25) is 5.91 Å². The van der Waals surface area contributed by atoms with Crippen molar-refractivity contribution in [2.24, 2.45) is 0 Å². The molecule has 1 atom stereocenters. The molecule has 4 rings (SSSR count). The topological polar surface area (TPSA) is 157 Å². The molecule has 0 aliphatic heterocycles. The van der Waals surface area contributed by atoms with Crippen LogP contribution >= 0.6 is 11.8 Å². The first-order valence-electron chi connectivity index (χ1n) is 13.5. The maximum atomic E-state index is 13.3. The fourth-order valence-corrected chi connectivity index (χ4v) is 4.86. The van der Waals surface area contributed by atoms with Gasteiger partial charge in [0, 0.05) is 28.3 Å². The molecule has 0 radical (unpaired) electrons. The summed E-state index contributed by atoms with van der Waals surface area (Å²) in [5.74, 6) is -2.00. The minimum absolute atomic E-state index is 0.0753. The summed E-state index contributed by atoms with van der Waals surface area (Å²) in [5, 5.41) is 18.6. The van der Waals surface area contributed by atoms with Crippen molar-refractivity contribution in [3.63, 3.8) is 0 Å². The Kier molecular flexibility index (Phi) is 10.8. The van der Waals surface area contributed by atoms with E-state index < -0.39 is 28.0 Å². The lowest BCUT2D eigenvalue weighted by Crippen LogP contribution is -2.30. The van der Waals surface area contributed by atoms with Crippen molar-refractivity contribution in [1.82, 2.24) is 5.32 Å². The Hall–Kier alpha value is -5.75. The zero-order valence-corrected chi connectivity index (χ0v) is 25.0. The number of carbonyl (C=O) groups excluding carboxylic acids is 4. The van der Waals surface area contributed by atoms with Crippen molar-refractivity contribution in [3.05, 3.63) is 136 Å². The van der Waals surface area contributed by atoms with Crippen molar-refractivity contribution in [2.75, 3.05) is 17.7 Å². The number of amides is 3. The Bertz CT molecular complexity index is 1740. The molecule has 0 fully saturated rings. The smallest absolute Gasteiger partial charge is 0.339 e. The van der Waals surface area contributed by atoms with Gasteiger partial charge in [-0.2, -0.15) is 0 Å². The van der Waals surface area contributed by atoms with Crippen LogP contribution in [0.5, 0.6) is 0 Å². The fourth-order valence-electron chi connectivity index (χ4n) is 3.99. The highest BCUT2D eigenvalue weighted by atomic mass is 32.2. The van der Waals surface area contributed by atoms with Gasteiger partial charge >= 0.3 is 5.97 Å². The number of para-hydroxylation sites is 1. The predicted molar refractivity (Wildman–Crippen MR) is 172 cm³/mol. The fraction of sp³-hybridized carbons (Fsp3) is 0.0909. The summed E-state index contributed by atoms with van der Waals surface area (Å²) < 4.78 is 4.78. The van der Waals surface area contributed by atoms with Crippen LogP contribution in [0.3, 0.4) is 0 Å². The van der Waals surface area contributed by atoms with Crippen LogP contribution in [0.4, 0.5) is 17.1 Å². The average Bonchev–Trinajstić information content (AvgIpc) is 3.05. The maximum Gasteiger partial charge on any atom is 0.339 e. The molecule has 1 unspecified atom stereocenters. The minimum Gasteiger partial charge on any atom is -0.465 e. The molecular weight excluding hydrogens is 596 g/mol. The third kappa shape index (κ3) is 8.88. The number of non-ortho nitro benzene ring substituents is 1. The Morgan fingerprint density at radius 2 is 1.49 bits per heavy atom. The first-order chi connectivity index (χ1) is 21.6. The SMILES string of the molecule is COC(=O)c1ccccc1NC(=O)C(C)Sc1ccc(NC(=O)/C(=C/c2ccc([N+](=O)[O-])cc2)NC(=O)c2ccccc2)cc1. The van der Waals surface area contributed by atoms with Crippen LogP contribution in [0.1, 0.15) is 33.2 Å². The van der Waals surface area contributed by atoms with Gasteiger partial charge in [-0.1, -0.05) is 30.3 Å². The second kappa shape index (κ2) is 15.1. The zero-order valence-electron chi connectivity index (χ0n) is 24.2. The van der Waals surface area contributed by atoms with Gasteiger partial charge in [-0.25, -0.2) is 4.79 Å². The van der Waals surface area contributed by atoms with Crippen LogP contribution in [0.15, 0.2) is 114 Å². The van der Waals surface area contributed by atoms with E-state index in [9.17, 15) is 29.3 Å². The highest BCUT2D eigenvalue weighted by Crippen LogP contribution is 2.27. The molecule has 0 spiro atoms. The van der Waals surface area contributed by atoms with E-state index >= 15 is 0 Å². The van der Waals surface area contributed by atoms with Crippen LogP contribution in [0, 0.1) is 10.1 Å². The summed E-state index contributed by atoms with van der Waals surface area (Å²) >= 11 is 1.28. The highest BCUT2D eigenvalue weighted by molar-refractivity contribution is 8.00. The van der Waals surface area contributed by atoms with E-state index in [1.165, 1.54) is 49.2 Å². The van der Waals surface area contributed by atoms with E-state index in [0.717, 1.165) is 4.90 Å². The molecule has 0 heterocycles. The zero-order chi connectivity index (χ0) is 32.3. The van der Waals surface area contributed by atoms with Crippen molar-refractivity contribution in [1.29, 1.82) is 0 Å². The number of carbonyl (C=O) groups is 4. The minimum atomic E-state index is -0.616.